The van der Waals surface area contributed by atoms with Crippen LogP contribution in [0.2, 0.25) is 0 Å². The highest BCUT2D eigenvalue weighted by Crippen LogP contribution is 2.28. The topological polar surface area (TPSA) is 50.5 Å². The van der Waals surface area contributed by atoms with Crippen molar-refractivity contribution in [2.24, 2.45) is 0 Å². The first-order valence-corrected chi connectivity index (χ1v) is 7.33. The number of hydrogen-bond acceptors (Lipinski definition) is 5. The number of morpholine rings is 1. The second-order valence-electron chi connectivity index (χ2n) is 5.59. The number of fused-ring (bicyclic) bond motifs is 1. The van der Waals surface area contributed by atoms with Crippen LogP contribution < -0.4 is 5.32 Å². The Hall–Kier alpha value is -1.59. The molecule has 5 nitrogen and oxygen atoms in total. The van der Waals surface area contributed by atoms with Crippen molar-refractivity contribution in [1.29, 1.82) is 0 Å². The SMILES string of the molecule is c1ccc2oc(NC[C@@H]3CN(C4CC4)CCO3)nc2c1. The Balaban J connectivity index is 1.37. The van der Waals surface area contributed by atoms with E-state index in [1.807, 2.05) is 24.3 Å². The van der Waals surface area contributed by atoms with E-state index in [0.717, 1.165) is 43.4 Å². The summed E-state index contributed by atoms with van der Waals surface area (Å²) in [7, 11) is 0. The smallest absolute Gasteiger partial charge is 0.295 e. The molecule has 2 aromatic rings. The number of oxazole rings is 1. The van der Waals surface area contributed by atoms with Crippen LogP contribution in [0.25, 0.3) is 11.1 Å². The van der Waals surface area contributed by atoms with Crippen LogP contribution in [0.3, 0.4) is 0 Å². The molecule has 1 saturated carbocycles. The lowest BCUT2D eigenvalue weighted by Gasteiger charge is -2.32. The highest BCUT2D eigenvalue weighted by atomic mass is 16.5. The summed E-state index contributed by atoms with van der Waals surface area (Å²) < 4.78 is 11.5. The normalized spacial score (nSPS) is 24.1. The predicted molar refractivity (Wildman–Crippen MR) is 76.8 cm³/mol. The van der Waals surface area contributed by atoms with Crippen molar-refractivity contribution in [2.75, 3.05) is 31.6 Å². The molecular formula is C15H19N3O2. The van der Waals surface area contributed by atoms with Crippen LogP contribution >= 0.6 is 0 Å². The summed E-state index contributed by atoms with van der Waals surface area (Å²) in [5.74, 6) is 0. The first kappa shape index (κ1) is 12.2. The molecule has 1 aromatic heterocycles. The average Bonchev–Trinajstić information content (AvgIpc) is 3.25. The molecule has 2 fully saturated rings. The number of nitrogens with zero attached hydrogens (tertiary/aromatic N) is 2. The molecule has 1 saturated heterocycles. The van der Waals surface area contributed by atoms with E-state index in [9.17, 15) is 0 Å². The lowest BCUT2D eigenvalue weighted by atomic mass is 10.2. The Bertz CT molecular complexity index is 561. The van der Waals surface area contributed by atoms with Gasteiger partial charge in [0.25, 0.3) is 6.01 Å². The van der Waals surface area contributed by atoms with Crippen LogP contribution in [0, 0.1) is 0 Å². The number of rotatable bonds is 4. The zero-order valence-corrected chi connectivity index (χ0v) is 11.4. The molecule has 1 atom stereocenters. The summed E-state index contributed by atoms with van der Waals surface area (Å²) in [4.78, 5) is 6.96. The molecule has 1 aromatic carbocycles. The third-order valence-electron chi connectivity index (χ3n) is 4.01. The van der Waals surface area contributed by atoms with Gasteiger partial charge in [-0.15, -0.1) is 0 Å². The number of ether oxygens (including phenoxy) is 1. The highest BCUT2D eigenvalue weighted by Gasteiger charge is 2.32. The molecule has 4 rings (SSSR count). The number of benzene rings is 1. The van der Waals surface area contributed by atoms with Gasteiger partial charge in [-0.3, -0.25) is 4.90 Å². The molecule has 1 aliphatic heterocycles. The first-order chi connectivity index (χ1) is 9.88. The average molecular weight is 273 g/mol. The minimum absolute atomic E-state index is 0.222. The lowest BCUT2D eigenvalue weighted by molar-refractivity contribution is -0.0243. The number of para-hydroxylation sites is 2. The molecule has 1 N–H and O–H groups in total. The van der Waals surface area contributed by atoms with Crippen molar-refractivity contribution >= 4 is 17.1 Å². The summed E-state index contributed by atoms with van der Waals surface area (Å²) in [5, 5.41) is 3.25. The van der Waals surface area contributed by atoms with E-state index in [1.54, 1.807) is 0 Å². The maximum atomic E-state index is 5.81. The van der Waals surface area contributed by atoms with Crippen molar-refractivity contribution in [3.8, 4) is 0 Å². The van der Waals surface area contributed by atoms with Gasteiger partial charge in [-0.05, 0) is 25.0 Å². The Morgan fingerprint density at radius 2 is 2.20 bits per heavy atom. The minimum Gasteiger partial charge on any atom is -0.424 e. The van der Waals surface area contributed by atoms with Gasteiger partial charge in [0.05, 0.1) is 12.7 Å². The zero-order chi connectivity index (χ0) is 13.4. The van der Waals surface area contributed by atoms with Crippen molar-refractivity contribution in [1.82, 2.24) is 9.88 Å². The van der Waals surface area contributed by atoms with Crippen molar-refractivity contribution in [2.45, 2.75) is 25.0 Å². The fourth-order valence-corrected chi connectivity index (χ4v) is 2.79. The second kappa shape index (κ2) is 5.07. The van der Waals surface area contributed by atoms with Gasteiger partial charge in [0.1, 0.15) is 5.52 Å². The molecule has 0 spiro atoms. The summed E-state index contributed by atoms with van der Waals surface area (Å²) in [6.07, 6.45) is 2.93. The maximum Gasteiger partial charge on any atom is 0.295 e. The van der Waals surface area contributed by atoms with E-state index >= 15 is 0 Å². The van der Waals surface area contributed by atoms with Gasteiger partial charge in [-0.25, -0.2) is 0 Å². The molecule has 0 amide bonds. The molecule has 2 aliphatic rings. The standard InChI is InChI=1S/C15H19N3O2/c1-2-4-14-13(3-1)17-15(20-14)16-9-12-10-18(7-8-19-12)11-5-6-11/h1-4,11-12H,5-10H2,(H,16,17)/t12-/m1/s1. The molecule has 5 heteroatoms. The largest absolute Gasteiger partial charge is 0.424 e. The number of aromatic nitrogens is 1. The van der Waals surface area contributed by atoms with Gasteiger partial charge >= 0.3 is 0 Å². The molecular weight excluding hydrogens is 254 g/mol. The summed E-state index contributed by atoms with van der Waals surface area (Å²) in [6, 6.07) is 9.20. The quantitative estimate of drug-likeness (QED) is 0.924. The van der Waals surface area contributed by atoms with Crippen molar-refractivity contribution in [3.05, 3.63) is 24.3 Å². The van der Waals surface area contributed by atoms with Crippen LogP contribution in [-0.2, 0) is 4.74 Å². The summed E-state index contributed by atoms with van der Waals surface area (Å²) in [6.45, 7) is 3.66. The Kier molecular flexibility index (Phi) is 3.09. The predicted octanol–water partition coefficient (Wildman–Crippen LogP) is 2.10. The van der Waals surface area contributed by atoms with Gasteiger partial charge in [-0.1, -0.05) is 12.1 Å². The van der Waals surface area contributed by atoms with E-state index in [-0.39, 0.29) is 6.10 Å². The Morgan fingerprint density at radius 3 is 3.05 bits per heavy atom. The van der Waals surface area contributed by atoms with Crippen LogP contribution in [0.5, 0.6) is 0 Å². The molecule has 1 aliphatic carbocycles. The summed E-state index contributed by atoms with van der Waals surface area (Å²) >= 11 is 0. The molecule has 0 bridgehead atoms. The summed E-state index contributed by atoms with van der Waals surface area (Å²) in [5.41, 5.74) is 1.71. The maximum absolute atomic E-state index is 5.81. The second-order valence-corrected chi connectivity index (χ2v) is 5.59. The van der Waals surface area contributed by atoms with Gasteiger partial charge in [0, 0.05) is 25.7 Å². The third-order valence-corrected chi connectivity index (χ3v) is 4.01. The van der Waals surface area contributed by atoms with Gasteiger partial charge < -0.3 is 14.5 Å². The molecule has 0 radical (unpaired) electrons. The zero-order valence-electron chi connectivity index (χ0n) is 11.4. The van der Waals surface area contributed by atoms with Crippen LogP contribution in [0.15, 0.2) is 28.7 Å². The van der Waals surface area contributed by atoms with Crippen molar-refractivity contribution in [3.63, 3.8) is 0 Å². The van der Waals surface area contributed by atoms with E-state index in [1.165, 1.54) is 12.8 Å². The fraction of sp³-hybridized carbons (Fsp3) is 0.533. The fourth-order valence-electron chi connectivity index (χ4n) is 2.79. The number of anilines is 1. The third kappa shape index (κ3) is 2.51. The van der Waals surface area contributed by atoms with Gasteiger partial charge in [-0.2, -0.15) is 4.98 Å². The first-order valence-electron chi connectivity index (χ1n) is 7.33. The van der Waals surface area contributed by atoms with Gasteiger partial charge in [0.2, 0.25) is 0 Å². The lowest BCUT2D eigenvalue weighted by Crippen LogP contribution is -2.46. The Labute approximate surface area is 117 Å². The van der Waals surface area contributed by atoms with E-state index in [2.05, 4.69) is 15.2 Å². The van der Waals surface area contributed by atoms with Gasteiger partial charge in [0.15, 0.2) is 5.58 Å². The van der Waals surface area contributed by atoms with Crippen molar-refractivity contribution < 1.29 is 9.15 Å². The van der Waals surface area contributed by atoms with Crippen LogP contribution in [0.1, 0.15) is 12.8 Å². The highest BCUT2D eigenvalue weighted by molar-refractivity contribution is 5.74. The van der Waals surface area contributed by atoms with E-state index in [0.29, 0.717) is 6.01 Å². The molecule has 20 heavy (non-hydrogen) atoms. The van der Waals surface area contributed by atoms with E-state index < -0.39 is 0 Å². The van der Waals surface area contributed by atoms with Crippen LogP contribution in [-0.4, -0.2) is 48.3 Å². The minimum atomic E-state index is 0.222. The number of nitrogens with one attached hydrogen (secondary N) is 1. The molecule has 2 heterocycles. The van der Waals surface area contributed by atoms with Crippen LogP contribution in [0.4, 0.5) is 6.01 Å². The Morgan fingerprint density at radius 1 is 1.30 bits per heavy atom. The van der Waals surface area contributed by atoms with E-state index in [4.69, 9.17) is 9.15 Å². The molecule has 0 unspecified atom stereocenters. The monoisotopic (exact) mass is 273 g/mol. The molecule has 106 valence electrons. The number of hydrogen-bond donors (Lipinski definition) is 1.